The molecular formula is C22H31N3O3S. The van der Waals surface area contributed by atoms with Crippen LogP contribution >= 0.6 is 0 Å². The van der Waals surface area contributed by atoms with E-state index in [9.17, 15) is 8.42 Å². The lowest BCUT2D eigenvalue weighted by atomic mass is 10.2. The van der Waals surface area contributed by atoms with Gasteiger partial charge in [-0.1, -0.05) is 42.0 Å². The number of anilines is 1. The van der Waals surface area contributed by atoms with Gasteiger partial charge >= 0.3 is 0 Å². The molecule has 2 aromatic carbocycles. The molecule has 1 saturated heterocycles. The standard InChI is InChI=1S/C22H31N3O3S/c1-19-8-10-20(11-9-19)18-29(26,27)23-12-5-13-24-14-16-25(17-15-24)21-6-3-4-7-22(21)28-2/h3-4,6-11,23H,5,12-18H2,1-2H3. The molecule has 29 heavy (non-hydrogen) atoms. The van der Waals surface area contributed by atoms with E-state index in [1.54, 1.807) is 7.11 Å². The number of benzene rings is 2. The number of sulfonamides is 1. The predicted octanol–water partition coefficient (Wildman–Crippen LogP) is 2.64. The zero-order valence-corrected chi connectivity index (χ0v) is 18.1. The van der Waals surface area contributed by atoms with E-state index in [4.69, 9.17) is 4.74 Å². The van der Waals surface area contributed by atoms with Crippen molar-refractivity contribution in [2.75, 3.05) is 51.3 Å². The third-order valence-corrected chi connectivity index (χ3v) is 6.61. The molecule has 0 saturated carbocycles. The van der Waals surface area contributed by atoms with Crippen molar-refractivity contribution < 1.29 is 13.2 Å². The molecule has 1 heterocycles. The van der Waals surface area contributed by atoms with Crippen LogP contribution in [-0.2, 0) is 15.8 Å². The summed E-state index contributed by atoms with van der Waals surface area (Å²) in [7, 11) is -1.59. The second-order valence-corrected chi connectivity index (χ2v) is 9.30. The first kappa shape index (κ1) is 21.6. The van der Waals surface area contributed by atoms with Crippen LogP contribution in [0.5, 0.6) is 5.75 Å². The van der Waals surface area contributed by atoms with Gasteiger partial charge in [-0.2, -0.15) is 0 Å². The van der Waals surface area contributed by atoms with Crippen LogP contribution in [0.15, 0.2) is 48.5 Å². The Bertz CT molecular complexity index is 876. The Balaban J connectivity index is 1.38. The molecule has 0 bridgehead atoms. The van der Waals surface area contributed by atoms with E-state index in [1.807, 2.05) is 49.4 Å². The number of hydrogen-bond donors (Lipinski definition) is 1. The van der Waals surface area contributed by atoms with Crippen molar-refractivity contribution in [3.05, 3.63) is 59.7 Å². The summed E-state index contributed by atoms with van der Waals surface area (Å²) in [6, 6.07) is 15.7. The van der Waals surface area contributed by atoms with E-state index in [0.29, 0.717) is 6.54 Å². The van der Waals surface area contributed by atoms with Crippen molar-refractivity contribution in [2.45, 2.75) is 19.1 Å². The fourth-order valence-electron chi connectivity index (χ4n) is 3.59. The summed E-state index contributed by atoms with van der Waals surface area (Å²) in [5, 5.41) is 0. The van der Waals surface area contributed by atoms with Crippen LogP contribution < -0.4 is 14.4 Å². The lowest BCUT2D eigenvalue weighted by Gasteiger charge is -2.36. The molecule has 6 nitrogen and oxygen atoms in total. The van der Waals surface area contributed by atoms with E-state index in [-0.39, 0.29) is 5.75 Å². The van der Waals surface area contributed by atoms with Gasteiger partial charge in [-0.05, 0) is 37.6 Å². The highest BCUT2D eigenvalue weighted by molar-refractivity contribution is 7.88. The van der Waals surface area contributed by atoms with E-state index in [0.717, 1.165) is 61.7 Å². The molecule has 1 aliphatic rings. The molecule has 1 N–H and O–H groups in total. The normalized spacial score (nSPS) is 15.4. The maximum atomic E-state index is 12.3. The zero-order valence-electron chi connectivity index (χ0n) is 17.3. The monoisotopic (exact) mass is 417 g/mol. The molecule has 2 aromatic rings. The molecule has 0 aromatic heterocycles. The Hall–Kier alpha value is -2.09. The van der Waals surface area contributed by atoms with Crippen molar-refractivity contribution >= 4 is 15.7 Å². The van der Waals surface area contributed by atoms with Gasteiger partial charge in [0.05, 0.1) is 18.6 Å². The number of methoxy groups -OCH3 is 1. The summed E-state index contributed by atoms with van der Waals surface area (Å²) in [6.45, 7) is 7.18. The lowest BCUT2D eigenvalue weighted by Crippen LogP contribution is -2.47. The Morgan fingerprint density at radius 1 is 1.00 bits per heavy atom. The minimum absolute atomic E-state index is 0.0326. The topological polar surface area (TPSA) is 61.9 Å². The Labute approximate surface area is 174 Å². The van der Waals surface area contributed by atoms with Gasteiger partial charge in [-0.15, -0.1) is 0 Å². The van der Waals surface area contributed by atoms with Crippen LogP contribution in [0, 0.1) is 6.92 Å². The molecule has 0 unspecified atom stereocenters. The minimum atomic E-state index is -3.29. The Morgan fingerprint density at radius 3 is 2.38 bits per heavy atom. The largest absolute Gasteiger partial charge is 0.495 e. The first-order valence-corrected chi connectivity index (χ1v) is 11.8. The van der Waals surface area contributed by atoms with Gasteiger partial charge in [0.1, 0.15) is 5.75 Å². The smallest absolute Gasteiger partial charge is 0.215 e. The number of aryl methyl sites for hydroxylation is 1. The molecular weight excluding hydrogens is 386 g/mol. The molecule has 3 rings (SSSR count). The minimum Gasteiger partial charge on any atom is -0.495 e. The van der Waals surface area contributed by atoms with Gasteiger partial charge in [0.15, 0.2) is 0 Å². The summed E-state index contributed by atoms with van der Waals surface area (Å²) >= 11 is 0. The Morgan fingerprint density at radius 2 is 1.69 bits per heavy atom. The first-order valence-electron chi connectivity index (χ1n) is 10.1. The average Bonchev–Trinajstić information content (AvgIpc) is 2.73. The number of piperazine rings is 1. The quantitative estimate of drug-likeness (QED) is 0.636. The van der Waals surface area contributed by atoms with E-state index >= 15 is 0 Å². The third-order valence-electron chi connectivity index (χ3n) is 5.25. The van der Waals surface area contributed by atoms with Crippen LogP contribution in [-0.4, -0.2) is 59.7 Å². The zero-order chi connectivity index (χ0) is 20.7. The van der Waals surface area contributed by atoms with Crippen molar-refractivity contribution in [3.8, 4) is 5.75 Å². The number of hydrogen-bond acceptors (Lipinski definition) is 5. The van der Waals surface area contributed by atoms with E-state index in [1.165, 1.54) is 0 Å². The molecule has 0 amide bonds. The number of para-hydroxylation sites is 2. The van der Waals surface area contributed by atoms with Gasteiger partial charge in [-0.3, -0.25) is 4.90 Å². The van der Waals surface area contributed by atoms with Crippen molar-refractivity contribution in [3.63, 3.8) is 0 Å². The first-order chi connectivity index (χ1) is 14.0. The summed E-state index contributed by atoms with van der Waals surface area (Å²) in [5.74, 6) is 0.939. The molecule has 158 valence electrons. The molecule has 0 atom stereocenters. The number of rotatable bonds is 9. The van der Waals surface area contributed by atoms with Crippen LogP contribution in [0.3, 0.4) is 0 Å². The van der Waals surface area contributed by atoms with Gasteiger partial charge < -0.3 is 9.64 Å². The number of nitrogens with zero attached hydrogens (tertiary/aromatic N) is 2. The second-order valence-electron chi connectivity index (χ2n) is 7.49. The maximum absolute atomic E-state index is 12.3. The SMILES string of the molecule is COc1ccccc1N1CCN(CCCNS(=O)(=O)Cc2ccc(C)cc2)CC1. The second kappa shape index (κ2) is 10.1. The van der Waals surface area contributed by atoms with E-state index in [2.05, 4.69) is 20.6 Å². The van der Waals surface area contributed by atoms with Gasteiger partial charge in [-0.25, -0.2) is 13.1 Å². The number of nitrogens with one attached hydrogen (secondary N) is 1. The van der Waals surface area contributed by atoms with Crippen LogP contribution in [0.2, 0.25) is 0 Å². The molecule has 1 aliphatic heterocycles. The van der Waals surface area contributed by atoms with Gasteiger partial charge in [0, 0.05) is 32.7 Å². The maximum Gasteiger partial charge on any atom is 0.215 e. The van der Waals surface area contributed by atoms with E-state index < -0.39 is 10.0 Å². The van der Waals surface area contributed by atoms with Gasteiger partial charge in [0.2, 0.25) is 10.0 Å². The van der Waals surface area contributed by atoms with Crippen LogP contribution in [0.25, 0.3) is 0 Å². The molecule has 0 aliphatic carbocycles. The molecule has 1 fully saturated rings. The number of ether oxygens (including phenoxy) is 1. The van der Waals surface area contributed by atoms with Crippen molar-refractivity contribution in [1.29, 1.82) is 0 Å². The van der Waals surface area contributed by atoms with Crippen LogP contribution in [0.4, 0.5) is 5.69 Å². The fourth-order valence-corrected chi connectivity index (χ4v) is 4.78. The van der Waals surface area contributed by atoms with Crippen molar-refractivity contribution in [1.82, 2.24) is 9.62 Å². The van der Waals surface area contributed by atoms with Crippen LogP contribution in [0.1, 0.15) is 17.5 Å². The fraction of sp³-hybridized carbons (Fsp3) is 0.455. The summed E-state index contributed by atoms with van der Waals surface area (Å²) in [6.07, 6.45) is 0.807. The molecule has 0 spiro atoms. The highest BCUT2D eigenvalue weighted by Gasteiger charge is 2.19. The summed E-state index contributed by atoms with van der Waals surface area (Å²) in [5.41, 5.74) is 3.08. The highest BCUT2D eigenvalue weighted by atomic mass is 32.2. The summed E-state index contributed by atoms with van der Waals surface area (Å²) in [4.78, 5) is 4.74. The lowest BCUT2D eigenvalue weighted by molar-refractivity contribution is 0.254. The van der Waals surface area contributed by atoms with Gasteiger partial charge in [0.25, 0.3) is 0 Å². The molecule has 0 radical (unpaired) electrons. The molecule has 7 heteroatoms. The highest BCUT2D eigenvalue weighted by Crippen LogP contribution is 2.28. The third kappa shape index (κ3) is 6.45. The van der Waals surface area contributed by atoms with Crippen molar-refractivity contribution in [2.24, 2.45) is 0 Å². The Kier molecular flexibility index (Phi) is 7.52. The average molecular weight is 418 g/mol. The summed E-state index contributed by atoms with van der Waals surface area (Å²) < 4.78 is 32.7. The predicted molar refractivity (Wildman–Crippen MR) is 118 cm³/mol.